The Morgan fingerprint density at radius 2 is 1.85 bits per heavy atom. The first-order valence-electron chi connectivity index (χ1n) is 5.98. The summed E-state index contributed by atoms with van der Waals surface area (Å²) in [6, 6.07) is 3.04. The molecule has 0 fully saturated rings. The highest BCUT2D eigenvalue weighted by Crippen LogP contribution is 2.37. The number of anilines is 1. The molecule has 6 nitrogen and oxygen atoms in total. The van der Waals surface area contributed by atoms with Crippen LogP contribution in [-0.2, 0) is 9.53 Å². The molecular formula is C14H15NO5. The van der Waals surface area contributed by atoms with Crippen LogP contribution in [0.2, 0.25) is 0 Å². The highest BCUT2D eigenvalue weighted by Gasteiger charge is 2.29. The maximum absolute atomic E-state index is 12.4. The molecule has 0 aromatic heterocycles. The predicted octanol–water partition coefficient (Wildman–Crippen LogP) is 1.76. The van der Waals surface area contributed by atoms with E-state index in [9.17, 15) is 9.59 Å². The summed E-state index contributed by atoms with van der Waals surface area (Å²) >= 11 is 0. The summed E-state index contributed by atoms with van der Waals surface area (Å²) in [6.45, 7) is 2.08. The lowest BCUT2D eigenvalue weighted by Gasteiger charge is -2.26. The van der Waals surface area contributed by atoms with Crippen LogP contribution in [0, 0.1) is 0 Å². The Balaban J connectivity index is 2.50. The van der Waals surface area contributed by atoms with Crippen LogP contribution < -0.4 is 14.8 Å². The Kier molecular flexibility index (Phi) is 3.93. The van der Waals surface area contributed by atoms with Crippen molar-refractivity contribution in [2.24, 2.45) is 0 Å². The molecule has 1 aromatic rings. The third-order valence-corrected chi connectivity index (χ3v) is 3.12. The lowest BCUT2D eigenvalue weighted by molar-refractivity contribution is -0.123. The third kappa shape index (κ3) is 2.32. The summed E-state index contributed by atoms with van der Waals surface area (Å²) in [5, 5.41) is 3.15. The number of hydrogen-bond donors (Lipinski definition) is 1. The normalized spacial score (nSPS) is 19.1. The second-order valence-electron chi connectivity index (χ2n) is 4.25. The van der Waals surface area contributed by atoms with Gasteiger partial charge in [-0.2, -0.15) is 0 Å². The highest BCUT2D eigenvalue weighted by molar-refractivity contribution is 6.15. The van der Waals surface area contributed by atoms with Crippen molar-refractivity contribution in [1.82, 2.24) is 0 Å². The number of hydrogen-bond acceptors (Lipinski definition) is 6. The summed E-state index contributed by atoms with van der Waals surface area (Å²) < 4.78 is 15.0. The second-order valence-corrected chi connectivity index (χ2v) is 4.25. The molecular weight excluding hydrogens is 262 g/mol. The summed E-state index contributed by atoms with van der Waals surface area (Å²) in [5.74, 6) is 0.788. The topological polar surface area (TPSA) is 73.9 Å². The molecule has 6 heteroatoms. The molecule has 0 radical (unpaired) electrons. The van der Waals surface area contributed by atoms with E-state index >= 15 is 0 Å². The zero-order valence-electron chi connectivity index (χ0n) is 11.4. The van der Waals surface area contributed by atoms with Gasteiger partial charge in [-0.05, 0) is 13.0 Å². The molecule has 0 spiro atoms. The minimum atomic E-state index is -0.270. The van der Waals surface area contributed by atoms with Gasteiger partial charge >= 0.3 is 0 Å². The van der Waals surface area contributed by atoms with E-state index in [-0.39, 0.29) is 18.3 Å². The number of ketones is 1. The van der Waals surface area contributed by atoms with Gasteiger partial charge in [-0.1, -0.05) is 0 Å². The number of rotatable bonds is 4. The van der Waals surface area contributed by atoms with E-state index in [0.717, 1.165) is 6.26 Å². The standard InChI is InChI=1S/C14H15NO5/c1-8-10(6-20-7-16)14(17)9-4-12(18-2)13(19-3)5-11(9)15-8/h4-8,15H,1-3H3. The first kappa shape index (κ1) is 13.9. The molecule has 1 aromatic carbocycles. The first-order chi connectivity index (χ1) is 9.62. The fourth-order valence-corrected chi connectivity index (χ4v) is 2.11. The number of fused-ring (bicyclic) bond motifs is 1. The van der Waals surface area contributed by atoms with Gasteiger partial charge in [-0.25, -0.2) is 0 Å². The van der Waals surface area contributed by atoms with Gasteiger partial charge in [-0.3, -0.25) is 9.59 Å². The third-order valence-electron chi connectivity index (χ3n) is 3.12. The van der Waals surface area contributed by atoms with Crippen LogP contribution in [0.1, 0.15) is 17.3 Å². The van der Waals surface area contributed by atoms with Crippen molar-refractivity contribution in [2.45, 2.75) is 13.0 Å². The second kappa shape index (κ2) is 5.64. The molecule has 0 saturated heterocycles. The van der Waals surface area contributed by atoms with E-state index in [2.05, 4.69) is 10.1 Å². The molecule has 1 aliphatic heterocycles. The molecule has 1 N–H and O–H groups in total. The van der Waals surface area contributed by atoms with Crippen LogP contribution in [0.4, 0.5) is 5.69 Å². The van der Waals surface area contributed by atoms with Crippen molar-refractivity contribution < 1.29 is 23.8 Å². The maximum Gasteiger partial charge on any atom is 0.297 e. The van der Waals surface area contributed by atoms with E-state index < -0.39 is 0 Å². The molecule has 0 bridgehead atoms. The van der Waals surface area contributed by atoms with Crippen LogP contribution in [-0.4, -0.2) is 32.5 Å². The van der Waals surface area contributed by atoms with Crippen molar-refractivity contribution in [1.29, 1.82) is 0 Å². The average Bonchev–Trinajstić information content (AvgIpc) is 2.46. The number of Topliss-reactive ketones (excluding diaryl/α,β-unsaturated/α-hetero) is 1. The molecule has 1 unspecified atom stereocenters. The van der Waals surface area contributed by atoms with Crippen LogP contribution >= 0.6 is 0 Å². The van der Waals surface area contributed by atoms with Crippen LogP contribution in [0.15, 0.2) is 24.0 Å². The Hall–Kier alpha value is -2.50. The van der Waals surface area contributed by atoms with Crippen LogP contribution in [0.3, 0.4) is 0 Å². The minimum absolute atomic E-state index is 0.214. The number of nitrogens with one attached hydrogen (secondary N) is 1. The van der Waals surface area contributed by atoms with Gasteiger partial charge in [-0.15, -0.1) is 0 Å². The number of methoxy groups -OCH3 is 2. The number of benzene rings is 1. The largest absolute Gasteiger partial charge is 0.493 e. The fraction of sp³-hybridized carbons (Fsp3) is 0.286. The average molecular weight is 277 g/mol. The predicted molar refractivity (Wildman–Crippen MR) is 72.2 cm³/mol. The molecule has 1 heterocycles. The Morgan fingerprint density at radius 3 is 2.45 bits per heavy atom. The Morgan fingerprint density at radius 1 is 1.20 bits per heavy atom. The summed E-state index contributed by atoms with van der Waals surface area (Å²) in [5.41, 5.74) is 1.47. The highest BCUT2D eigenvalue weighted by atomic mass is 16.5. The molecule has 0 amide bonds. The molecule has 0 aliphatic carbocycles. The molecule has 2 rings (SSSR count). The van der Waals surface area contributed by atoms with Crippen molar-refractivity contribution in [2.75, 3.05) is 19.5 Å². The summed E-state index contributed by atoms with van der Waals surface area (Å²) in [7, 11) is 3.03. The molecule has 0 saturated carbocycles. The number of ether oxygens (including phenoxy) is 3. The van der Waals surface area contributed by atoms with Crippen molar-refractivity contribution in [3.05, 3.63) is 29.5 Å². The molecule has 20 heavy (non-hydrogen) atoms. The van der Waals surface area contributed by atoms with Gasteiger partial charge in [0.25, 0.3) is 6.47 Å². The quantitative estimate of drug-likeness (QED) is 0.513. The molecule has 1 aliphatic rings. The van der Waals surface area contributed by atoms with E-state index in [0.29, 0.717) is 28.3 Å². The molecule has 106 valence electrons. The van der Waals surface area contributed by atoms with Gasteiger partial charge in [0.05, 0.1) is 25.8 Å². The van der Waals surface area contributed by atoms with Crippen molar-refractivity contribution >= 4 is 17.9 Å². The fourth-order valence-electron chi connectivity index (χ4n) is 2.11. The van der Waals surface area contributed by atoms with Gasteiger partial charge < -0.3 is 19.5 Å². The lowest BCUT2D eigenvalue weighted by Crippen LogP contribution is -2.30. The first-order valence-corrected chi connectivity index (χ1v) is 5.98. The Labute approximate surface area is 116 Å². The van der Waals surface area contributed by atoms with E-state index in [1.54, 1.807) is 19.1 Å². The van der Waals surface area contributed by atoms with Crippen molar-refractivity contribution in [3.63, 3.8) is 0 Å². The summed E-state index contributed by atoms with van der Waals surface area (Å²) in [4.78, 5) is 22.7. The summed E-state index contributed by atoms with van der Waals surface area (Å²) in [6.07, 6.45) is 1.16. The zero-order valence-corrected chi connectivity index (χ0v) is 11.4. The van der Waals surface area contributed by atoms with Gasteiger partial charge in [0.2, 0.25) is 0 Å². The van der Waals surface area contributed by atoms with E-state index in [4.69, 9.17) is 9.47 Å². The smallest absolute Gasteiger partial charge is 0.297 e. The maximum atomic E-state index is 12.4. The number of carbonyl (C=O) groups is 2. The SMILES string of the molecule is COc1cc2c(cc1OC)C(=O)C(=COC=O)C(C)N2. The van der Waals surface area contributed by atoms with E-state index in [1.807, 2.05) is 0 Å². The van der Waals surface area contributed by atoms with Crippen LogP contribution in [0.5, 0.6) is 11.5 Å². The Bertz CT molecular complexity index is 579. The lowest BCUT2D eigenvalue weighted by atomic mass is 9.92. The van der Waals surface area contributed by atoms with Gasteiger partial charge in [0.1, 0.15) is 6.26 Å². The molecule has 1 atom stereocenters. The monoisotopic (exact) mass is 277 g/mol. The number of carbonyl (C=O) groups excluding carboxylic acids is 2. The minimum Gasteiger partial charge on any atom is -0.493 e. The zero-order chi connectivity index (χ0) is 14.7. The van der Waals surface area contributed by atoms with Gasteiger partial charge in [0, 0.05) is 17.3 Å². The van der Waals surface area contributed by atoms with Crippen molar-refractivity contribution in [3.8, 4) is 11.5 Å². The van der Waals surface area contributed by atoms with Crippen LogP contribution in [0.25, 0.3) is 0 Å². The van der Waals surface area contributed by atoms with E-state index in [1.165, 1.54) is 14.2 Å². The van der Waals surface area contributed by atoms with Gasteiger partial charge in [0.15, 0.2) is 17.3 Å².